The van der Waals surface area contributed by atoms with Crippen molar-refractivity contribution in [3.63, 3.8) is 0 Å². The van der Waals surface area contributed by atoms with Crippen LogP contribution in [-0.2, 0) is 4.79 Å². The molecule has 0 spiro atoms. The summed E-state index contributed by atoms with van der Waals surface area (Å²) in [5.41, 5.74) is 4.31. The predicted molar refractivity (Wildman–Crippen MR) is 163 cm³/mol. The average Bonchev–Trinajstić information content (AvgIpc) is 2.96. The third kappa shape index (κ3) is 3.63. The molecule has 0 saturated heterocycles. The van der Waals surface area contributed by atoms with Crippen molar-refractivity contribution in [2.24, 2.45) is 50.2 Å². The summed E-state index contributed by atoms with van der Waals surface area (Å²) in [6, 6.07) is 0. The third-order valence-electron chi connectivity index (χ3n) is 14.2. The van der Waals surface area contributed by atoms with E-state index in [2.05, 4.69) is 88.0 Å². The monoisotopic (exact) mass is 524 g/mol. The van der Waals surface area contributed by atoms with Crippen molar-refractivity contribution in [2.45, 2.75) is 135 Å². The van der Waals surface area contributed by atoms with Crippen molar-refractivity contribution in [1.29, 1.82) is 0 Å². The second-order valence-corrected chi connectivity index (χ2v) is 15.7. The number of rotatable bonds is 6. The van der Waals surface area contributed by atoms with E-state index in [1.807, 2.05) is 6.92 Å². The number of fused-ring (bicyclic) bond motifs is 5. The van der Waals surface area contributed by atoms with Gasteiger partial charge in [0.1, 0.15) is 5.78 Å². The highest BCUT2D eigenvalue weighted by molar-refractivity contribution is 5.79. The molecule has 0 unspecified atom stereocenters. The maximum atomic E-state index is 13.4. The third-order valence-corrected chi connectivity index (χ3v) is 14.2. The van der Waals surface area contributed by atoms with Crippen LogP contribution >= 0.6 is 0 Å². The van der Waals surface area contributed by atoms with E-state index >= 15 is 0 Å². The molecule has 4 rings (SSSR count). The largest absolute Gasteiger partial charge is 0.393 e. The molecule has 1 N–H and O–H groups in total. The molecule has 2 fully saturated rings. The first-order valence-corrected chi connectivity index (χ1v) is 15.1. The molecule has 216 valence electrons. The van der Waals surface area contributed by atoms with Crippen LogP contribution in [0.5, 0.6) is 0 Å². The number of ketones is 1. The standard InChI is InChI=1S/C35H56O2.CH4/c1-22(2)23(3)13-14-26(25(5)36)35(12)24(4)21-32(9)28-15-19-33(10)30(6,7)29(37)17-18-31(33,8)27(28)16-20-34(32,35)11;/h15-16,22,24,26,29,37H,3,13-14,17-21H2,1-2,4-12H3;1H4/t24-,26+,29+,31-,32+,33+,34+,35-;/m1./s1. The van der Waals surface area contributed by atoms with Gasteiger partial charge in [-0.3, -0.25) is 4.79 Å². The van der Waals surface area contributed by atoms with Crippen molar-refractivity contribution in [3.8, 4) is 0 Å². The van der Waals surface area contributed by atoms with Gasteiger partial charge in [-0.1, -0.05) is 101 Å². The fourth-order valence-electron chi connectivity index (χ4n) is 10.3. The van der Waals surface area contributed by atoms with Crippen LogP contribution < -0.4 is 0 Å². The lowest BCUT2D eigenvalue weighted by atomic mass is 9.38. The number of hydrogen-bond donors (Lipinski definition) is 1. The number of carbonyl (C=O) groups is 1. The molecule has 0 aromatic carbocycles. The molecule has 4 aliphatic rings. The van der Waals surface area contributed by atoms with Crippen LogP contribution in [0.4, 0.5) is 0 Å². The van der Waals surface area contributed by atoms with Gasteiger partial charge in [-0.2, -0.15) is 0 Å². The van der Waals surface area contributed by atoms with E-state index in [0.29, 0.717) is 17.6 Å². The summed E-state index contributed by atoms with van der Waals surface area (Å²) in [5, 5.41) is 11.1. The number of allylic oxidation sites excluding steroid dienone is 5. The van der Waals surface area contributed by atoms with Crippen LogP contribution in [0.2, 0.25) is 0 Å². The molecule has 0 aromatic rings. The second-order valence-electron chi connectivity index (χ2n) is 15.7. The molecule has 2 nitrogen and oxygen atoms in total. The Morgan fingerprint density at radius 2 is 1.53 bits per heavy atom. The minimum atomic E-state index is -0.253. The van der Waals surface area contributed by atoms with E-state index in [4.69, 9.17) is 0 Å². The number of carbonyl (C=O) groups excluding carboxylic acids is 1. The van der Waals surface area contributed by atoms with Crippen LogP contribution in [-0.4, -0.2) is 17.0 Å². The summed E-state index contributed by atoms with van der Waals surface area (Å²) in [6.07, 6.45) is 11.9. The molecular weight excluding hydrogens is 464 g/mol. The second kappa shape index (κ2) is 9.46. The first-order chi connectivity index (χ1) is 16.8. The van der Waals surface area contributed by atoms with Crippen molar-refractivity contribution in [2.75, 3.05) is 0 Å². The van der Waals surface area contributed by atoms with E-state index in [1.54, 1.807) is 11.1 Å². The van der Waals surface area contributed by atoms with Crippen LogP contribution in [0.25, 0.3) is 0 Å². The molecule has 0 heterocycles. The molecule has 8 atom stereocenters. The lowest BCUT2D eigenvalue weighted by Gasteiger charge is -2.67. The van der Waals surface area contributed by atoms with Gasteiger partial charge < -0.3 is 5.11 Å². The Balaban J connectivity index is 0.00000400. The maximum Gasteiger partial charge on any atom is 0.133 e. The van der Waals surface area contributed by atoms with Gasteiger partial charge in [0.25, 0.3) is 0 Å². The van der Waals surface area contributed by atoms with E-state index in [9.17, 15) is 9.90 Å². The average molecular weight is 525 g/mol. The fourth-order valence-corrected chi connectivity index (χ4v) is 10.3. The molecule has 0 bridgehead atoms. The zero-order chi connectivity index (χ0) is 28.0. The van der Waals surface area contributed by atoms with Crippen LogP contribution in [0.1, 0.15) is 129 Å². The van der Waals surface area contributed by atoms with Crippen molar-refractivity contribution in [1.82, 2.24) is 0 Å². The first-order valence-electron chi connectivity index (χ1n) is 15.1. The smallest absolute Gasteiger partial charge is 0.133 e. The van der Waals surface area contributed by atoms with Crippen molar-refractivity contribution >= 4 is 5.78 Å². The minimum Gasteiger partial charge on any atom is -0.393 e. The lowest BCUT2D eigenvalue weighted by Crippen LogP contribution is -2.61. The molecule has 38 heavy (non-hydrogen) atoms. The van der Waals surface area contributed by atoms with Crippen LogP contribution in [0.15, 0.2) is 35.5 Å². The molecule has 0 radical (unpaired) electrons. The highest BCUT2D eigenvalue weighted by Crippen LogP contribution is 2.78. The lowest BCUT2D eigenvalue weighted by molar-refractivity contribution is -0.148. The minimum absolute atomic E-state index is 0. The highest BCUT2D eigenvalue weighted by Gasteiger charge is 2.71. The molecule has 0 amide bonds. The summed E-state index contributed by atoms with van der Waals surface area (Å²) in [7, 11) is 0. The van der Waals surface area contributed by atoms with E-state index in [1.165, 1.54) is 5.57 Å². The Hall–Kier alpha value is -1.15. The quantitative estimate of drug-likeness (QED) is 0.351. The summed E-state index contributed by atoms with van der Waals surface area (Å²) in [4.78, 5) is 13.4. The van der Waals surface area contributed by atoms with Gasteiger partial charge in [0.15, 0.2) is 0 Å². The van der Waals surface area contributed by atoms with Crippen molar-refractivity contribution < 1.29 is 9.90 Å². The Morgan fingerprint density at radius 3 is 2.05 bits per heavy atom. The Kier molecular flexibility index (Phi) is 7.81. The fraction of sp³-hybridized carbons (Fsp3) is 0.806. The molecular formula is C36H60O2. The SMILES string of the molecule is C.C=C(CC[C@@H](C(C)=O)[C@@]1(C)[C@H](C)C[C@@]2(C)C3=CC[C@@]4(C)C(C)(C)[C@@H](O)CC[C@]4(C)C3=CC[C@]12C)C(C)C. The number of Topliss-reactive ketones (excluding diaryl/α,β-unsaturated/α-hetero) is 1. The zero-order valence-electron chi connectivity index (χ0n) is 26.0. The van der Waals surface area contributed by atoms with Gasteiger partial charge in [-0.05, 0) is 107 Å². The summed E-state index contributed by atoms with van der Waals surface area (Å²) < 4.78 is 0. The van der Waals surface area contributed by atoms with Gasteiger partial charge in [-0.25, -0.2) is 0 Å². The van der Waals surface area contributed by atoms with E-state index in [0.717, 1.165) is 44.9 Å². The van der Waals surface area contributed by atoms with Crippen molar-refractivity contribution in [3.05, 3.63) is 35.5 Å². The molecule has 4 aliphatic carbocycles. The topological polar surface area (TPSA) is 37.3 Å². The number of aliphatic hydroxyl groups is 1. The number of hydrogen-bond acceptors (Lipinski definition) is 2. The molecule has 2 heteroatoms. The molecule has 0 aromatic heterocycles. The molecule has 2 saturated carbocycles. The normalized spacial score (nSPS) is 44.1. The Morgan fingerprint density at radius 1 is 1.00 bits per heavy atom. The van der Waals surface area contributed by atoms with Gasteiger partial charge in [-0.15, -0.1) is 0 Å². The van der Waals surface area contributed by atoms with Gasteiger partial charge in [0.2, 0.25) is 0 Å². The maximum absolute atomic E-state index is 13.4. The molecule has 0 aliphatic heterocycles. The Labute approximate surface area is 235 Å². The van der Waals surface area contributed by atoms with Crippen LogP contribution in [0.3, 0.4) is 0 Å². The predicted octanol–water partition coefficient (Wildman–Crippen LogP) is 9.73. The van der Waals surface area contributed by atoms with E-state index in [-0.39, 0.29) is 51.9 Å². The zero-order valence-corrected chi connectivity index (χ0v) is 26.0. The van der Waals surface area contributed by atoms with Gasteiger partial charge >= 0.3 is 0 Å². The first kappa shape index (κ1) is 31.4. The highest BCUT2D eigenvalue weighted by atomic mass is 16.3. The summed E-state index contributed by atoms with van der Waals surface area (Å²) >= 11 is 0. The van der Waals surface area contributed by atoms with Crippen LogP contribution in [0, 0.1) is 50.2 Å². The number of aliphatic hydroxyl groups excluding tert-OH is 1. The van der Waals surface area contributed by atoms with Gasteiger partial charge in [0.05, 0.1) is 6.10 Å². The van der Waals surface area contributed by atoms with Gasteiger partial charge in [0, 0.05) is 5.92 Å². The Bertz CT molecular complexity index is 1040. The van der Waals surface area contributed by atoms with E-state index < -0.39 is 0 Å². The summed E-state index contributed by atoms with van der Waals surface area (Å²) in [5.74, 6) is 1.33. The summed E-state index contributed by atoms with van der Waals surface area (Å²) in [6.45, 7) is 30.1.